The summed E-state index contributed by atoms with van der Waals surface area (Å²) in [5.41, 5.74) is 1.50. The van der Waals surface area contributed by atoms with Gasteiger partial charge < -0.3 is 10.6 Å². The van der Waals surface area contributed by atoms with Crippen LogP contribution in [0.4, 0.5) is 5.82 Å². The van der Waals surface area contributed by atoms with Crippen LogP contribution in [-0.4, -0.2) is 39.5 Å². The lowest BCUT2D eigenvalue weighted by molar-refractivity contribution is 0.0951. The minimum atomic E-state index is -0.112. The first-order chi connectivity index (χ1) is 9.72. The molecule has 2 heterocycles. The Hall–Kier alpha value is -2.44. The molecular weight excluding hydrogens is 256 g/mol. The fourth-order valence-corrected chi connectivity index (χ4v) is 1.77. The number of hydrogen-bond acceptors (Lipinski definition) is 5. The summed E-state index contributed by atoms with van der Waals surface area (Å²) < 4.78 is 1.67. The summed E-state index contributed by atoms with van der Waals surface area (Å²) in [5, 5.41) is 13.4. The standard InChI is InChI=1S/C13H18N6O/c1-3-11-8-10(9-12(14-2)17-11)13(20)15-4-6-19-7-5-16-18-19/h5,7-9H,3-4,6H2,1-2H3,(H,14,17)(H,15,20). The van der Waals surface area contributed by atoms with Gasteiger partial charge in [-0.1, -0.05) is 12.1 Å². The van der Waals surface area contributed by atoms with Crippen LogP contribution in [0.1, 0.15) is 23.0 Å². The van der Waals surface area contributed by atoms with E-state index in [0.717, 1.165) is 12.1 Å². The lowest BCUT2D eigenvalue weighted by atomic mass is 10.2. The van der Waals surface area contributed by atoms with Gasteiger partial charge in [0.2, 0.25) is 0 Å². The quantitative estimate of drug-likeness (QED) is 0.810. The van der Waals surface area contributed by atoms with Crippen molar-refractivity contribution in [1.82, 2.24) is 25.3 Å². The van der Waals surface area contributed by atoms with Crippen molar-refractivity contribution in [3.63, 3.8) is 0 Å². The van der Waals surface area contributed by atoms with Gasteiger partial charge in [-0.15, -0.1) is 5.10 Å². The van der Waals surface area contributed by atoms with Crippen LogP contribution in [-0.2, 0) is 13.0 Å². The minimum absolute atomic E-state index is 0.112. The zero-order chi connectivity index (χ0) is 14.4. The molecule has 20 heavy (non-hydrogen) atoms. The summed E-state index contributed by atoms with van der Waals surface area (Å²) in [6.07, 6.45) is 4.15. The smallest absolute Gasteiger partial charge is 0.251 e. The zero-order valence-electron chi connectivity index (χ0n) is 11.6. The molecule has 7 nitrogen and oxygen atoms in total. The van der Waals surface area contributed by atoms with Crippen LogP contribution < -0.4 is 10.6 Å². The number of pyridine rings is 1. The molecule has 1 amide bonds. The van der Waals surface area contributed by atoms with E-state index in [1.807, 2.05) is 13.0 Å². The number of nitrogens with one attached hydrogen (secondary N) is 2. The van der Waals surface area contributed by atoms with Gasteiger partial charge in [0.25, 0.3) is 5.91 Å². The van der Waals surface area contributed by atoms with E-state index in [4.69, 9.17) is 0 Å². The Balaban J connectivity index is 1.97. The maximum Gasteiger partial charge on any atom is 0.251 e. The number of amides is 1. The van der Waals surface area contributed by atoms with Crippen LogP contribution in [0.5, 0.6) is 0 Å². The highest BCUT2D eigenvalue weighted by Gasteiger charge is 2.08. The monoisotopic (exact) mass is 274 g/mol. The van der Waals surface area contributed by atoms with Gasteiger partial charge >= 0.3 is 0 Å². The zero-order valence-corrected chi connectivity index (χ0v) is 11.6. The van der Waals surface area contributed by atoms with E-state index in [2.05, 4.69) is 25.9 Å². The first kappa shape index (κ1) is 14.0. The lowest BCUT2D eigenvalue weighted by Crippen LogP contribution is -2.27. The molecule has 2 N–H and O–H groups in total. The van der Waals surface area contributed by atoms with Crippen molar-refractivity contribution in [3.8, 4) is 0 Å². The number of aromatic nitrogens is 4. The average molecular weight is 274 g/mol. The van der Waals surface area contributed by atoms with Gasteiger partial charge in [0, 0.05) is 31.0 Å². The maximum atomic E-state index is 12.1. The highest BCUT2D eigenvalue weighted by Crippen LogP contribution is 2.10. The summed E-state index contributed by atoms with van der Waals surface area (Å²) in [6, 6.07) is 3.55. The first-order valence-corrected chi connectivity index (χ1v) is 6.54. The number of hydrogen-bond donors (Lipinski definition) is 2. The summed E-state index contributed by atoms with van der Waals surface area (Å²) in [6.45, 7) is 3.10. The molecule has 0 radical (unpaired) electrons. The maximum absolute atomic E-state index is 12.1. The number of nitrogens with zero attached hydrogens (tertiary/aromatic N) is 4. The van der Waals surface area contributed by atoms with Gasteiger partial charge in [-0.25, -0.2) is 4.98 Å². The van der Waals surface area contributed by atoms with Gasteiger partial charge in [0.1, 0.15) is 5.82 Å². The first-order valence-electron chi connectivity index (χ1n) is 6.54. The molecule has 0 bridgehead atoms. The highest BCUT2D eigenvalue weighted by molar-refractivity contribution is 5.94. The Bertz CT molecular complexity index is 544. The Kier molecular flexibility index (Phi) is 4.65. The molecule has 0 saturated heterocycles. The van der Waals surface area contributed by atoms with Gasteiger partial charge in [-0.3, -0.25) is 9.48 Å². The Morgan fingerprint density at radius 3 is 2.90 bits per heavy atom. The molecule has 0 spiro atoms. The predicted molar refractivity (Wildman–Crippen MR) is 75.5 cm³/mol. The van der Waals surface area contributed by atoms with Crippen molar-refractivity contribution in [2.45, 2.75) is 19.9 Å². The second-order valence-electron chi connectivity index (χ2n) is 4.26. The molecular formula is C13H18N6O. The number of carbonyl (C=O) groups is 1. The summed E-state index contributed by atoms with van der Waals surface area (Å²) in [4.78, 5) is 16.5. The molecule has 0 unspecified atom stereocenters. The molecule has 2 rings (SSSR count). The molecule has 0 aliphatic carbocycles. The lowest BCUT2D eigenvalue weighted by Gasteiger charge is -2.08. The summed E-state index contributed by atoms with van der Waals surface area (Å²) in [7, 11) is 1.79. The molecule has 2 aromatic heterocycles. The highest BCUT2D eigenvalue weighted by atomic mass is 16.1. The average Bonchev–Trinajstić information content (AvgIpc) is 2.99. The number of anilines is 1. The van der Waals surface area contributed by atoms with Crippen LogP contribution in [0.3, 0.4) is 0 Å². The SMILES string of the molecule is CCc1cc(C(=O)NCCn2ccnn2)cc(NC)n1. The molecule has 0 atom stereocenters. The van der Waals surface area contributed by atoms with E-state index in [-0.39, 0.29) is 5.91 Å². The molecule has 106 valence electrons. The number of carbonyl (C=O) groups excluding carboxylic acids is 1. The van der Waals surface area contributed by atoms with Crippen LogP contribution in [0.25, 0.3) is 0 Å². The van der Waals surface area contributed by atoms with Crippen molar-refractivity contribution >= 4 is 11.7 Å². The second-order valence-corrected chi connectivity index (χ2v) is 4.26. The van der Waals surface area contributed by atoms with Crippen molar-refractivity contribution in [1.29, 1.82) is 0 Å². The second kappa shape index (κ2) is 6.65. The van der Waals surface area contributed by atoms with Gasteiger partial charge in [0.05, 0.1) is 12.7 Å². The van der Waals surface area contributed by atoms with E-state index in [0.29, 0.717) is 24.5 Å². The van der Waals surface area contributed by atoms with E-state index >= 15 is 0 Å². The minimum Gasteiger partial charge on any atom is -0.373 e. The largest absolute Gasteiger partial charge is 0.373 e. The van der Waals surface area contributed by atoms with Gasteiger partial charge in [-0.2, -0.15) is 0 Å². The fourth-order valence-electron chi connectivity index (χ4n) is 1.77. The predicted octanol–water partition coefficient (Wildman–Crippen LogP) is 0.707. The molecule has 0 aliphatic heterocycles. The molecule has 2 aromatic rings. The molecule has 0 aliphatic rings. The number of rotatable bonds is 6. The summed E-state index contributed by atoms with van der Waals surface area (Å²) in [5.74, 6) is 0.587. The summed E-state index contributed by atoms with van der Waals surface area (Å²) >= 11 is 0. The van der Waals surface area contributed by atoms with Crippen LogP contribution >= 0.6 is 0 Å². The topological polar surface area (TPSA) is 84.7 Å². The molecule has 0 fully saturated rings. The van der Waals surface area contributed by atoms with Gasteiger partial charge in [-0.05, 0) is 18.6 Å². The molecule has 0 aromatic carbocycles. The van der Waals surface area contributed by atoms with Crippen molar-refractivity contribution in [3.05, 3.63) is 35.8 Å². The van der Waals surface area contributed by atoms with Crippen molar-refractivity contribution < 1.29 is 4.79 Å². The molecule has 0 saturated carbocycles. The fraction of sp³-hybridized carbons (Fsp3) is 0.385. The van der Waals surface area contributed by atoms with E-state index in [9.17, 15) is 4.79 Å². The third-order valence-corrected chi connectivity index (χ3v) is 2.86. The number of aryl methyl sites for hydroxylation is 1. The van der Waals surface area contributed by atoms with Crippen molar-refractivity contribution in [2.24, 2.45) is 0 Å². The Morgan fingerprint density at radius 1 is 1.40 bits per heavy atom. The Labute approximate surface area is 117 Å². The third-order valence-electron chi connectivity index (χ3n) is 2.86. The van der Waals surface area contributed by atoms with Gasteiger partial charge in [0.15, 0.2) is 0 Å². The third kappa shape index (κ3) is 3.53. The van der Waals surface area contributed by atoms with Crippen LogP contribution in [0.2, 0.25) is 0 Å². The van der Waals surface area contributed by atoms with Crippen LogP contribution in [0, 0.1) is 0 Å². The van der Waals surface area contributed by atoms with Crippen LogP contribution in [0.15, 0.2) is 24.5 Å². The van der Waals surface area contributed by atoms with Crippen molar-refractivity contribution in [2.75, 3.05) is 18.9 Å². The van der Waals surface area contributed by atoms with E-state index in [1.54, 1.807) is 30.2 Å². The molecule has 7 heteroatoms. The van der Waals surface area contributed by atoms with E-state index in [1.165, 1.54) is 0 Å². The Morgan fingerprint density at radius 2 is 2.25 bits per heavy atom. The van der Waals surface area contributed by atoms with E-state index < -0.39 is 0 Å². The normalized spacial score (nSPS) is 10.3.